The quantitative estimate of drug-likeness (QED) is 0.854. The molecule has 0 aliphatic heterocycles. The lowest BCUT2D eigenvalue weighted by atomic mass is 10.3. The van der Waals surface area contributed by atoms with Crippen LogP contribution < -0.4 is 10.6 Å². The number of nitrogens with zero attached hydrogens (tertiary/aromatic N) is 1. The molecular weight excluding hydrogens is 298 g/mol. The number of likely N-dealkylation sites (N-methyl/N-ethyl adjacent to an activating group) is 2. The molecule has 18 heavy (non-hydrogen) atoms. The average molecular weight is 314 g/mol. The first kappa shape index (κ1) is 14.7. The zero-order valence-electron chi connectivity index (χ0n) is 10.4. The van der Waals surface area contributed by atoms with Gasteiger partial charge in [-0.25, -0.2) is 0 Å². The van der Waals surface area contributed by atoms with Gasteiger partial charge in [0, 0.05) is 17.2 Å². The summed E-state index contributed by atoms with van der Waals surface area (Å²) in [5, 5.41) is 5.27. The Kier molecular flexibility index (Phi) is 5.80. The highest BCUT2D eigenvalue weighted by Gasteiger charge is 2.09. The molecule has 2 N–H and O–H groups in total. The number of halogens is 1. The number of rotatable bonds is 5. The van der Waals surface area contributed by atoms with Gasteiger partial charge in [-0.15, -0.1) is 0 Å². The van der Waals surface area contributed by atoms with Crippen LogP contribution in [0.1, 0.15) is 0 Å². The molecule has 1 aromatic rings. The molecule has 0 spiro atoms. The molecule has 2 amide bonds. The van der Waals surface area contributed by atoms with Crippen molar-refractivity contribution in [2.75, 3.05) is 32.5 Å². The van der Waals surface area contributed by atoms with E-state index in [0.717, 1.165) is 10.2 Å². The zero-order chi connectivity index (χ0) is 13.5. The van der Waals surface area contributed by atoms with Crippen LogP contribution in [0, 0.1) is 0 Å². The summed E-state index contributed by atoms with van der Waals surface area (Å²) in [7, 11) is 3.29. The average Bonchev–Trinajstić information content (AvgIpc) is 2.31. The van der Waals surface area contributed by atoms with Crippen LogP contribution >= 0.6 is 15.9 Å². The minimum Gasteiger partial charge on any atom is -0.358 e. The second-order valence-corrected chi connectivity index (χ2v) is 4.82. The lowest BCUT2D eigenvalue weighted by Crippen LogP contribution is -2.37. The van der Waals surface area contributed by atoms with Crippen molar-refractivity contribution in [3.8, 4) is 0 Å². The Morgan fingerprint density at radius 3 is 2.28 bits per heavy atom. The monoisotopic (exact) mass is 313 g/mol. The van der Waals surface area contributed by atoms with E-state index in [1.807, 2.05) is 12.1 Å². The lowest BCUT2D eigenvalue weighted by molar-refractivity contribution is -0.122. The van der Waals surface area contributed by atoms with Gasteiger partial charge in [-0.3, -0.25) is 14.5 Å². The number of anilines is 1. The van der Waals surface area contributed by atoms with E-state index in [0.29, 0.717) is 0 Å². The van der Waals surface area contributed by atoms with Crippen LogP contribution in [0.4, 0.5) is 5.69 Å². The van der Waals surface area contributed by atoms with E-state index in [1.165, 1.54) is 0 Å². The van der Waals surface area contributed by atoms with Crippen LogP contribution in [-0.2, 0) is 9.59 Å². The predicted octanol–water partition coefficient (Wildman–Crippen LogP) is 1.07. The molecule has 0 saturated carbocycles. The first-order valence-corrected chi connectivity index (χ1v) is 6.25. The zero-order valence-corrected chi connectivity index (χ0v) is 12.0. The van der Waals surface area contributed by atoms with Crippen molar-refractivity contribution >= 4 is 33.4 Å². The van der Waals surface area contributed by atoms with Crippen molar-refractivity contribution < 1.29 is 9.59 Å². The minimum absolute atomic E-state index is 0.117. The molecule has 5 nitrogen and oxygen atoms in total. The Morgan fingerprint density at radius 2 is 1.72 bits per heavy atom. The standard InChI is InChI=1S/C12H16BrN3O2/c1-14-11(17)7-16(2)8-12(18)15-10-5-3-9(13)4-6-10/h3-6H,7-8H2,1-2H3,(H,14,17)(H,15,18). The number of benzene rings is 1. The molecule has 0 saturated heterocycles. The number of hydrogen-bond acceptors (Lipinski definition) is 3. The molecule has 0 aliphatic rings. The Hall–Kier alpha value is -1.40. The van der Waals surface area contributed by atoms with Gasteiger partial charge in [0.05, 0.1) is 13.1 Å². The van der Waals surface area contributed by atoms with Crippen LogP contribution in [0.15, 0.2) is 28.7 Å². The van der Waals surface area contributed by atoms with Crippen molar-refractivity contribution in [1.29, 1.82) is 0 Å². The molecule has 0 bridgehead atoms. The molecule has 0 aliphatic carbocycles. The largest absolute Gasteiger partial charge is 0.358 e. The summed E-state index contributed by atoms with van der Waals surface area (Å²) < 4.78 is 0.956. The van der Waals surface area contributed by atoms with E-state index in [2.05, 4.69) is 26.6 Å². The number of amides is 2. The van der Waals surface area contributed by atoms with Crippen LogP contribution in [0.25, 0.3) is 0 Å². The lowest BCUT2D eigenvalue weighted by Gasteiger charge is -2.15. The maximum atomic E-state index is 11.7. The topological polar surface area (TPSA) is 61.4 Å². The van der Waals surface area contributed by atoms with E-state index in [1.54, 1.807) is 31.1 Å². The summed E-state index contributed by atoms with van der Waals surface area (Å²) >= 11 is 3.32. The molecule has 98 valence electrons. The highest BCUT2D eigenvalue weighted by molar-refractivity contribution is 9.10. The fourth-order valence-corrected chi connectivity index (χ4v) is 1.62. The summed E-state index contributed by atoms with van der Waals surface area (Å²) in [6.45, 7) is 0.369. The van der Waals surface area contributed by atoms with Crippen LogP contribution in [0.5, 0.6) is 0 Å². The van der Waals surface area contributed by atoms with Gasteiger partial charge in [0.15, 0.2) is 0 Å². The van der Waals surface area contributed by atoms with Gasteiger partial charge in [0.25, 0.3) is 0 Å². The summed E-state index contributed by atoms with van der Waals surface area (Å²) in [6, 6.07) is 7.31. The Bertz CT molecular complexity index is 420. The number of carbonyl (C=O) groups is 2. The van der Waals surface area contributed by atoms with E-state index in [-0.39, 0.29) is 24.9 Å². The summed E-state index contributed by atoms with van der Waals surface area (Å²) in [4.78, 5) is 24.4. The maximum absolute atomic E-state index is 11.7. The Labute approximate surface area is 115 Å². The smallest absolute Gasteiger partial charge is 0.238 e. The molecule has 0 aromatic heterocycles. The second kappa shape index (κ2) is 7.13. The molecule has 0 fully saturated rings. The summed E-state index contributed by atoms with van der Waals surface area (Å²) in [6.07, 6.45) is 0. The molecule has 1 rings (SSSR count). The minimum atomic E-state index is -0.149. The number of carbonyl (C=O) groups excluding carboxylic acids is 2. The van der Waals surface area contributed by atoms with Gasteiger partial charge in [-0.1, -0.05) is 15.9 Å². The Balaban J connectivity index is 2.41. The Morgan fingerprint density at radius 1 is 1.17 bits per heavy atom. The molecule has 0 unspecified atom stereocenters. The van der Waals surface area contributed by atoms with E-state index in [4.69, 9.17) is 0 Å². The third-order valence-corrected chi connectivity index (χ3v) is 2.76. The van der Waals surface area contributed by atoms with Crippen molar-refractivity contribution in [3.05, 3.63) is 28.7 Å². The van der Waals surface area contributed by atoms with Gasteiger partial charge in [0.1, 0.15) is 0 Å². The highest BCUT2D eigenvalue weighted by atomic mass is 79.9. The molecule has 0 radical (unpaired) electrons. The first-order valence-electron chi connectivity index (χ1n) is 5.46. The summed E-state index contributed by atoms with van der Waals surface area (Å²) in [5.41, 5.74) is 0.733. The van der Waals surface area contributed by atoms with E-state index < -0.39 is 0 Å². The van der Waals surface area contributed by atoms with Crippen molar-refractivity contribution in [1.82, 2.24) is 10.2 Å². The molecular formula is C12H16BrN3O2. The second-order valence-electron chi connectivity index (χ2n) is 3.90. The van der Waals surface area contributed by atoms with Crippen LogP contribution in [0.2, 0.25) is 0 Å². The van der Waals surface area contributed by atoms with Gasteiger partial charge in [-0.2, -0.15) is 0 Å². The van der Waals surface area contributed by atoms with E-state index in [9.17, 15) is 9.59 Å². The third-order valence-electron chi connectivity index (χ3n) is 2.23. The van der Waals surface area contributed by atoms with Gasteiger partial charge in [-0.05, 0) is 31.3 Å². The third kappa shape index (κ3) is 5.29. The fraction of sp³-hybridized carbons (Fsp3) is 0.333. The van der Waals surface area contributed by atoms with Crippen molar-refractivity contribution in [2.24, 2.45) is 0 Å². The maximum Gasteiger partial charge on any atom is 0.238 e. The number of nitrogens with one attached hydrogen (secondary N) is 2. The fourth-order valence-electron chi connectivity index (χ4n) is 1.36. The van der Waals surface area contributed by atoms with Gasteiger partial charge in [0.2, 0.25) is 11.8 Å². The SMILES string of the molecule is CNC(=O)CN(C)CC(=O)Nc1ccc(Br)cc1. The van der Waals surface area contributed by atoms with Crippen molar-refractivity contribution in [2.45, 2.75) is 0 Å². The van der Waals surface area contributed by atoms with E-state index >= 15 is 0 Å². The summed E-state index contributed by atoms with van der Waals surface area (Å²) in [5.74, 6) is -0.266. The number of hydrogen-bond donors (Lipinski definition) is 2. The highest BCUT2D eigenvalue weighted by Crippen LogP contribution is 2.13. The predicted molar refractivity (Wildman–Crippen MR) is 74.3 cm³/mol. The van der Waals surface area contributed by atoms with Gasteiger partial charge >= 0.3 is 0 Å². The first-order chi connectivity index (χ1) is 8.51. The van der Waals surface area contributed by atoms with Crippen molar-refractivity contribution in [3.63, 3.8) is 0 Å². The van der Waals surface area contributed by atoms with Crippen LogP contribution in [0.3, 0.4) is 0 Å². The van der Waals surface area contributed by atoms with Crippen LogP contribution in [-0.4, -0.2) is 43.9 Å². The normalized spacial score (nSPS) is 10.2. The molecule has 6 heteroatoms. The van der Waals surface area contributed by atoms with Gasteiger partial charge < -0.3 is 10.6 Å². The molecule has 0 heterocycles. The molecule has 1 aromatic carbocycles. The molecule has 0 atom stereocenters.